The van der Waals surface area contributed by atoms with Gasteiger partial charge in [0.2, 0.25) is 0 Å². The molecule has 1 unspecified atom stereocenters. The molecule has 1 atom stereocenters. The second kappa shape index (κ2) is 7.20. The van der Waals surface area contributed by atoms with Gasteiger partial charge < -0.3 is 15.7 Å². The van der Waals surface area contributed by atoms with Crippen LogP contribution in [0.15, 0.2) is 48.5 Å². The third kappa shape index (κ3) is 4.30. The standard InChI is InChI=1S/C16H14FN3O2/c17-13-6-4-12(5-7-13)15(21)10-19-16(22)20-14-3-1-2-11(8-14)9-18/h1-8,15,21H,10H2,(H2,19,20,22). The molecule has 2 rings (SSSR count). The van der Waals surface area contributed by atoms with Crippen molar-refractivity contribution >= 4 is 11.7 Å². The lowest BCUT2D eigenvalue weighted by atomic mass is 10.1. The first-order chi connectivity index (χ1) is 10.6. The lowest BCUT2D eigenvalue weighted by Crippen LogP contribution is -2.32. The zero-order valence-corrected chi connectivity index (χ0v) is 11.6. The number of urea groups is 1. The molecule has 6 heteroatoms. The van der Waals surface area contributed by atoms with Gasteiger partial charge in [0.05, 0.1) is 17.7 Å². The molecule has 0 bridgehead atoms. The maximum absolute atomic E-state index is 12.8. The fourth-order valence-corrected chi connectivity index (χ4v) is 1.83. The van der Waals surface area contributed by atoms with Crippen LogP contribution in [0, 0.1) is 17.1 Å². The topological polar surface area (TPSA) is 85.2 Å². The zero-order chi connectivity index (χ0) is 15.9. The van der Waals surface area contributed by atoms with Gasteiger partial charge in [-0.25, -0.2) is 9.18 Å². The Morgan fingerprint density at radius 2 is 2.00 bits per heavy atom. The molecule has 0 fully saturated rings. The molecule has 2 aromatic carbocycles. The Bertz CT molecular complexity index is 695. The van der Waals surface area contributed by atoms with Crippen molar-refractivity contribution in [2.45, 2.75) is 6.10 Å². The summed E-state index contributed by atoms with van der Waals surface area (Å²) in [4.78, 5) is 11.7. The van der Waals surface area contributed by atoms with Gasteiger partial charge in [0.25, 0.3) is 0 Å². The first kappa shape index (κ1) is 15.5. The highest BCUT2D eigenvalue weighted by atomic mass is 19.1. The molecule has 22 heavy (non-hydrogen) atoms. The van der Waals surface area contributed by atoms with Crippen LogP contribution in [-0.2, 0) is 0 Å². The molecule has 2 amide bonds. The molecule has 0 spiro atoms. The lowest BCUT2D eigenvalue weighted by Gasteiger charge is -2.13. The third-order valence-corrected chi connectivity index (χ3v) is 2.96. The van der Waals surface area contributed by atoms with Gasteiger partial charge in [-0.3, -0.25) is 0 Å². The Morgan fingerprint density at radius 3 is 2.68 bits per heavy atom. The van der Waals surface area contributed by atoms with E-state index in [4.69, 9.17) is 5.26 Å². The number of carbonyl (C=O) groups is 1. The summed E-state index contributed by atoms with van der Waals surface area (Å²) < 4.78 is 12.8. The van der Waals surface area contributed by atoms with Gasteiger partial charge in [-0.15, -0.1) is 0 Å². The van der Waals surface area contributed by atoms with E-state index >= 15 is 0 Å². The van der Waals surface area contributed by atoms with Crippen LogP contribution < -0.4 is 10.6 Å². The van der Waals surface area contributed by atoms with E-state index in [1.807, 2.05) is 6.07 Å². The molecule has 0 radical (unpaired) electrons. The Labute approximate surface area is 127 Å². The first-order valence-corrected chi connectivity index (χ1v) is 6.57. The van der Waals surface area contributed by atoms with Crippen LogP contribution in [-0.4, -0.2) is 17.7 Å². The molecule has 0 aliphatic rings. The van der Waals surface area contributed by atoms with E-state index in [1.54, 1.807) is 18.2 Å². The number of amides is 2. The highest BCUT2D eigenvalue weighted by Gasteiger charge is 2.09. The number of carbonyl (C=O) groups excluding carboxylic acids is 1. The van der Waals surface area contributed by atoms with Crippen LogP contribution in [0.5, 0.6) is 0 Å². The lowest BCUT2D eigenvalue weighted by molar-refractivity contribution is 0.175. The Kier molecular flexibility index (Phi) is 5.07. The third-order valence-electron chi connectivity index (χ3n) is 2.96. The zero-order valence-electron chi connectivity index (χ0n) is 11.6. The summed E-state index contributed by atoms with van der Waals surface area (Å²) >= 11 is 0. The van der Waals surface area contributed by atoms with Crippen LogP contribution >= 0.6 is 0 Å². The number of rotatable bonds is 4. The van der Waals surface area contributed by atoms with E-state index in [2.05, 4.69) is 10.6 Å². The normalized spacial score (nSPS) is 11.3. The summed E-state index contributed by atoms with van der Waals surface area (Å²) in [7, 11) is 0. The molecule has 0 aromatic heterocycles. The Hall–Kier alpha value is -2.91. The van der Waals surface area contributed by atoms with E-state index in [0.29, 0.717) is 16.8 Å². The van der Waals surface area contributed by atoms with Gasteiger partial charge in [-0.2, -0.15) is 5.26 Å². The van der Waals surface area contributed by atoms with Gasteiger partial charge in [-0.1, -0.05) is 18.2 Å². The summed E-state index contributed by atoms with van der Waals surface area (Å²) in [6.07, 6.45) is -0.934. The molecule has 0 saturated carbocycles. The molecule has 0 saturated heterocycles. The van der Waals surface area contributed by atoms with Crippen LogP contribution in [0.4, 0.5) is 14.9 Å². The molecule has 3 N–H and O–H groups in total. The number of hydrogen-bond acceptors (Lipinski definition) is 3. The van der Waals surface area contributed by atoms with E-state index in [0.717, 1.165) is 0 Å². The van der Waals surface area contributed by atoms with Crippen LogP contribution in [0.25, 0.3) is 0 Å². The van der Waals surface area contributed by atoms with Crippen LogP contribution in [0.2, 0.25) is 0 Å². The number of aliphatic hydroxyl groups excluding tert-OH is 1. The Balaban J connectivity index is 1.87. The average molecular weight is 299 g/mol. The van der Waals surface area contributed by atoms with E-state index in [1.165, 1.54) is 30.3 Å². The van der Waals surface area contributed by atoms with E-state index in [9.17, 15) is 14.3 Å². The van der Waals surface area contributed by atoms with Crippen molar-refractivity contribution < 1.29 is 14.3 Å². The van der Waals surface area contributed by atoms with Crippen LogP contribution in [0.3, 0.4) is 0 Å². The molecule has 112 valence electrons. The monoisotopic (exact) mass is 299 g/mol. The summed E-state index contributed by atoms with van der Waals surface area (Å²) in [6, 6.07) is 13.3. The predicted octanol–water partition coefficient (Wildman–Crippen LogP) is 2.55. The van der Waals surface area contributed by atoms with Gasteiger partial charge in [0.1, 0.15) is 5.82 Å². The fraction of sp³-hybridized carbons (Fsp3) is 0.125. The SMILES string of the molecule is N#Cc1cccc(NC(=O)NCC(O)c2ccc(F)cc2)c1. The molecule has 5 nitrogen and oxygen atoms in total. The summed E-state index contributed by atoms with van der Waals surface area (Å²) in [5, 5.41) is 23.7. The second-order valence-corrected chi connectivity index (χ2v) is 4.59. The van der Waals surface area contributed by atoms with Gasteiger partial charge >= 0.3 is 6.03 Å². The van der Waals surface area contributed by atoms with Crippen molar-refractivity contribution in [2.75, 3.05) is 11.9 Å². The highest BCUT2D eigenvalue weighted by molar-refractivity contribution is 5.89. The smallest absolute Gasteiger partial charge is 0.319 e. The average Bonchev–Trinajstić information content (AvgIpc) is 2.53. The second-order valence-electron chi connectivity index (χ2n) is 4.59. The minimum Gasteiger partial charge on any atom is -0.387 e. The van der Waals surface area contributed by atoms with E-state index < -0.39 is 12.1 Å². The number of nitrogens with zero attached hydrogens (tertiary/aromatic N) is 1. The maximum atomic E-state index is 12.8. The van der Waals surface area contributed by atoms with Crippen molar-refractivity contribution in [1.82, 2.24) is 5.32 Å². The maximum Gasteiger partial charge on any atom is 0.319 e. The Morgan fingerprint density at radius 1 is 1.27 bits per heavy atom. The minimum atomic E-state index is -0.934. The predicted molar refractivity (Wildman–Crippen MR) is 79.5 cm³/mol. The number of anilines is 1. The van der Waals surface area contributed by atoms with Crippen molar-refractivity contribution in [1.29, 1.82) is 5.26 Å². The molecule has 0 aliphatic carbocycles. The number of hydrogen-bond donors (Lipinski definition) is 3. The molecule has 2 aromatic rings. The summed E-state index contributed by atoms with van der Waals surface area (Å²) in [5.74, 6) is -0.390. The number of aliphatic hydroxyl groups is 1. The van der Waals surface area contributed by atoms with Gasteiger partial charge in [0.15, 0.2) is 0 Å². The minimum absolute atomic E-state index is 0.0184. The van der Waals surface area contributed by atoms with Crippen molar-refractivity contribution in [2.24, 2.45) is 0 Å². The summed E-state index contributed by atoms with van der Waals surface area (Å²) in [6.45, 7) is -0.0184. The van der Waals surface area contributed by atoms with E-state index in [-0.39, 0.29) is 12.4 Å². The first-order valence-electron chi connectivity index (χ1n) is 6.57. The van der Waals surface area contributed by atoms with Gasteiger partial charge in [-0.05, 0) is 35.9 Å². The molecular weight excluding hydrogens is 285 g/mol. The van der Waals surface area contributed by atoms with Crippen molar-refractivity contribution in [3.05, 3.63) is 65.5 Å². The van der Waals surface area contributed by atoms with Crippen molar-refractivity contribution in [3.63, 3.8) is 0 Å². The number of nitrogens with one attached hydrogen (secondary N) is 2. The quantitative estimate of drug-likeness (QED) is 0.811. The van der Waals surface area contributed by atoms with Gasteiger partial charge in [0, 0.05) is 12.2 Å². The fourth-order valence-electron chi connectivity index (χ4n) is 1.83. The highest BCUT2D eigenvalue weighted by Crippen LogP contribution is 2.13. The number of halogens is 1. The number of benzene rings is 2. The summed E-state index contributed by atoms with van der Waals surface area (Å²) in [5.41, 5.74) is 1.42. The largest absolute Gasteiger partial charge is 0.387 e. The van der Waals surface area contributed by atoms with Crippen molar-refractivity contribution in [3.8, 4) is 6.07 Å². The molecule has 0 heterocycles. The molecular formula is C16H14FN3O2. The van der Waals surface area contributed by atoms with Crippen LogP contribution in [0.1, 0.15) is 17.2 Å². The number of nitriles is 1. The molecule has 0 aliphatic heterocycles.